The number of amides is 3. The number of rotatable bonds is 6. The lowest BCUT2D eigenvalue weighted by molar-refractivity contribution is -0.143. The number of imide groups is 1. The summed E-state index contributed by atoms with van der Waals surface area (Å²) in [5.74, 6) is -1.65. The van der Waals surface area contributed by atoms with Crippen LogP contribution in [-0.4, -0.2) is 48.9 Å². The van der Waals surface area contributed by atoms with Crippen molar-refractivity contribution in [3.8, 4) is 0 Å². The van der Waals surface area contributed by atoms with Crippen molar-refractivity contribution in [1.29, 1.82) is 0 Å². The molecule has 3 heterocycles. The summed E-state index contributed by atoms with van der Waals surface area (Å²) in [4.78, 5) is 41.4. The molecule has 4 atom stereocenters. The number of anilines is 1. The molecule has 0 saturated carbocycles. The molecule has 2 fully saturated rings. The summed E-state index contributed by atoms with van der Waals surface area (Å²) < 4.78 is 5.10. The van der Waals surface area contributed by atoms with Gasteiger partial charge in [-0.25, -0.2) is 0 Å². The van der Waals surface area contributed by atoms with Gasteiger partial charge in [0.25, 0.3) is 0 Å². The molecule has 1 aromatic rings. The Morgan fingerprint density at radius 1 is 1.21 bits per heavy atom. The molecule has 2 N–H and O–H groups in total. The number of hydrogen-bond acceptors (Lipinski definition) is 5. The Bertz CT molecular complexity index is 868. The van der Waals surface area contributed by atoms with E-state index in [1.165, 1.54) is 4.90 Å². The van der Waals surface area contributed by atoms with Gasteiger partial charge < -0.3 is 10.1 Å². The molecule has 3 aliphatic rings. The van der Waals surface area contributed by atoms with Crippen molar-refractivity contribution in [1.82, 2.24) is 10.2 Å². The Balaban J connectivity index is 1.84. The number of para-hydroxylation sites is 1. The van der Waals surface area contributed by atoms with Gasteiger partial charge in [-0.2, -0.15) is 0 Å². The Morgan fingerprint density at radius 2 is 1.97 bits per heavy atom. The highest BCUT2D eigenvalue weighted by Gasteiger charge is 2.70. The largest absolute Gasteiger partial charge is 0.383 e. The third-order valence-corrected chi connectivity index (χ3v) is 6.55. The summed E-state index contributed by atoms with van der Waals surface area (Å²) in [5, 5.41) is 6.50. The van der Waals surface area contributed by atoms with Crippen LogP contribution >= 0.6 is 0 Å². The van der Waals surface area contributed by atoms with Gasteiger partial charge in [-0.1, -0.05) is 39.0 Å². The van der Waals surface area contributed by atoms with Crippen LogP contribution < -0.4 is 10.6 Å². The Hall–Kier alpha value is -2.25. The van der Waals surface area contributed by atoms with Crippen LogP contribution in [0.25, 0.3) is 0 Å². The fourth-order valence-corrected chi connectivity index (χ4v) is 5.36. The van der Waals surface area contributed by atoms with Crippen LogP contribution in [-0.2, 0) is 31.1 Å². The van der Waals surface area contributed by atoms with Gasteiger partial charge in [0.05, 0.1) is 25.0 Å². The zero-order valence-corrected chi connectivity index (χ0v) is 17.5. The molecule has 0 aromatic heterocycles. The molecule has 7 heteroatoms. The van der Waals surface area contributed by atoms with E-state index in [2.05, 4.69) is 24.5 Å². The van der Waals surface area contributed by atoms with Crippen molar-refractivity contribution < 1.29 is 19.1 Å². The molecule has 1 spiro atoms. The number of hydrogen-bond donors (Lipinski definition) is 2. The second kappa shape index (κ2) is 7.22. The van der Waals surface area contributed by atoms with Crippen molar-refractivity contribution in [3.63, 3.8) is 0 Å². The van der Waals surface area contributed by atoms with Crippen molar-refractivity contribution in [2.45, 2.75) is 45.2 Å². The van der Waals surface area contributed by atoms with Crippen LogP contribution in [0.1, 0.15) is 38.3 Å². The second-order valence-corrected chi connectivity index (χ2v) is 8.66. The van der Waals surface area contributed by atoms with E-state index < -0.39 is 17.4 Å². The predicted molar refractivity (Wildman–Crippen MR) is 108 cm³/mol. The zero-order chi connectivity index (χ0) is 20.9. The normalized spacial score (nSPS) is 30.4. The molecule has 7 nitrogen and oxygen atoms in total. The number of benzene rings is 1. The minimum Gasteiger partial charge on any atom is -0.383 e. The predicted octanol–water partition coefficient (Wildman–Crippen LogP) is 1.66. The van der Waals surface area contributed by atoms with Crippen molar-refractivity contribution in [3.05, 3.63) is 29.3 Å². The number of carbonyl (C=O) groups is 3. The van der Waals surface area contributed by atoms with E-state index in [1.807, 2.05) is 25.1 Å². The summed E-state index contributed by atoms with van der Waals surface area (Å²) in [7, 11) is 1.55. The molecule has 3 aliphatic heterocycles. The Kier molecular flexibility index (Phi) is 4.99. The first-order chi connectivity index (χ1) is 13.9. The highest BCUT2D eigenvalue weighted by molar-refractivity contribution is 6.15. The van der Waals surface area contributed by atoms with Gasteiger partial charge in [0.2, 0.25) is 17.7 Å². The van der Waals surface area contributed by atoms with Crippen molar-refractivity contribution in [2.75, 3.05) is 25.6 Å². The lowest BCUT2D eigenvalue weighted by Gasteiger charge is -2.30. The SMILES string of the molecule is CCc1cccc2c1NC(=O)[C@@]21N[C@@H](CC(C)C)[C@H]2C(=O)N(CCOC)C(=O)[C@H]21. The number of likely N-dealkylation sites (tertiary alicyclic amines) is 1. The number of nitrogens with zero attached hydrogens (tertiary/aromatic N) is 1. The summed E-state index contributed by atoms with van der Waals surface area (Å²) in [6.45, 7) is 6.72. The second-order valence-electron chi connectivity index (χ2n) is 8.66. The number of nitrogens with one attached hydrogen (secondary N) is 2. The first-order valence-electron chi connectivity index (χ1n) is 10.4. The third kappa shape index (κ3) is 2.74. The van der Waals surface area contributed by atoms with Crippen LogP contribution in [0.15, 0.2) is 18.2 Å². The van der Waals surface area contributed by atoms with Crippen LogP contribution in [0.2, 0.25) is 0 Å². The maximum atomic E-state index is 13.4. The fourth-order valence-electron chi connectivity index (χ4n) is 5.36. The van der Waals surface area contributed by atoms with Gasteiger partial charge in [-0.15, -0.1) is 0 Å². The van der Waals surface area contributed by atoms with Gasteiger partial charge in [-0.3, -0.25) is 24.6 Å². The lowest BCUT2D eigenvalue weighted by atomic mass is 9.76. The molecule has 1 aromatic carbocycles. The first kappa shape index (κ1) is 20.0. The fraction of sp³-hybridized carbons (Fsp3) is 0.591. The molecule has 4 rings (SSSR count). The zero-order valence-electron chi connectivity index (χ0n) is 17.5. The van der Waals surface area contributed by atoms with Gasteiger partial charge in [0, 0.05) is 24.4 Å². The topological polar surface area (TPSA) is 87.7 Å². The average Bonchev–Trinajstić information content (AvgIpc) is 3.25. The van der Waals surface area contributed by atoms with Gasteiger partial charge >= 0.3 is 0 Å². The van der Waals surface area contributed by atoms with E-state index in [-0.39, 0.29) is 36.9 Å². The monoisotopic (exact) mass is 399 g/mol. The van der Waals surface area contributed by atoms with E-state index in [9.17, 15) is 14.4 Å². The van der Waals surface area contributed by atoms with E-state index >= 15 is 0 Å². The summed E-state index contributed by atoms with van der Waals surface area (Å²) in [6.07, 6.45) is 1.49. The minimum absolute atomic E-state index is 0.194. The molecular weight excluding hydrogens is 370 g/mol. The maximum absolute atomic E-state index is 13.4. The summed E-state index contributed by atoms with van der Waals surface area (Å²) >= 11 is 0. The van der Waals surface area contributed by atoms with E-state index in [4.69, 9.17) is 4.74 Å². The number of methoxy groups -OCH3 is 1. The first-order valence-corrected chi connectivity index (χ1v) is 10.4. The van der Waals surface area contributed by atoms with Crippen LogP contribution in [0.4, 0.5) is 5.69 Å². The number of fused-ring (bicyclic) bond motifs is 4. The minimum atomic E-state index is -1.20. The smallest absolute Gasteiger partial charge is 0.250 e. The highest BCUT2D eigenvalue weighted by Crippen LogP contribution is 2.54. The van der Waals surface area contributed by atoms with Gasteiger partial charge in [0.1, 0.15) is 5.54 Å². The Morgan fingerprint density at radius 3 is 2.62 bits per heavy atom. The number of ether oxygens (including phenoxy) is 1. The van der Waals surface area contributed by atoms with Crippen LogP contribution in [0.3, 0.4) is 0 Å². The highest BCUT2D eigenvalue weighted by atomic mass is 16.5. The molecule has 29 heavy (non-hydrogen) atoms. The Labute approximate surface area is 171 Å². The molecule has 0 bridgehead atoms. The third-order valence-electron chi connectivity index (χ3n) is 6.55. The molecular formula is C22H29N3O4. The van der Waals surface area contributed by atoms with Crippen molar-refractivity contribution in [2.24, 2.45) is 17.8 Å². The molecule has 0 unspecified atom stereocenters. The van der Waals surface area contributed by atoms with Crippen molar-refractivity contribution >= 4 is 23.4 Å². The number of aryl methyl sites for hydroxylation is 1. The number of carbonyl (C=O) groups excluding carboxylic acids is 3. The van der Waals surface area contributed by atoms with Gasteiger partial charge in [0.15, 0.2) is 0 Å². The quantitative estimate of drug-likeness (QED) is 0.711. The molecule has 3 amide bonds. The van der Waals surface area contributed by atoms with Crippen LogP contribution in [0.5, 0.6) is 0 Å². The molecule has 2 saturated heterocycles. The average molecular weight is 399 g/mol. The standard InChI is InChI=1S/C22H29N3O4/c1-5-13-7-6-8-14-18(13)23-21(28)22(14)17-16(15(24-22)11-12(2)3)19(26)25(20(17)27)9-10-29-4/h6-8,12,15-17,24H,5,9-11H2,1-4H3,(H,23,28)/t15-,16+,17-,22+/m0/s1. The summed E-state index contributed by atoms with van der Waals surface area (Å²) in [5.41, 5.74) is 1.41. The van der Waals surface area contributed by atoms with E-state index in [0.717, 1.165) is 29.7 Å². The molecule has 0 radical (unpaired) electrons. The molecule has 156 valence electrons. The van der Waals surface area contributed by atoms with E-state index in [1.54, 1.807) is 7.11 Å². The van der Waals surface area contributed by atoms with E-state index in [0.29, 0.717) is 5.92 Å². The maximum Gasteiger partial charge on any atom is 0.250 e. The molecule has 0 aliphatic carbocycles. The summed E-state index contributed by atoms with van der Waals surface area (Å²) in [6, 6.07) is 5.59. The van der Waals surface area contributed by atoms with Crippen LogP contribution in [0, 0.1) is 17.8 Å². The lowest BCUT2D eigenvalue weighted by Crippen LogP contribution is -2.53. The van der Waals surface area contributed by atoms with Gasteiger partial charge in [-0.05, 0) is 24.3 Å².